The predicted octanol–water partition coefficient (Wildman–Crippen LogP) is 2.10. The zero-order chi connectivity index (χ0) is 11.7. The molecule has 2 saturated carbocycles. The molecule has 3 aliphatic rings. The molecule has 4 heteroatoms. The highest BCUT2D eigenvalue weighted by Crippen LogP contribution is 2.41. The molecular weight excluding hydrogens is 248 g/mol. The Morgan fingerprint density at radius 3 is 2.11 bits per heavy atom. The molecule has 3 nitrogen and oxygen atoms in total. The van der Waals surface area contributed by atoms with Gasteiger partial charge in [-0.05, 0) is 24.7 Å². The van der Waals surface area contributed by atoms with Crippen LogP contribution in [0.2, 0.25) is 0 Å². The Morgan fingerprint density at radius 2 is 1.50 bits per heavy atom. The van der Waals surface area contributed by atoms with Crippen LogP contribution in [0.25, 0.3) is 0 Å². The van der Waals surface area contributed by atoms with E-state index in [1.807, 2.05) is 0 Å². The van der Waals surface area contributed by atoms with E-state index in [1.165, 1.54) is 32.1 Å². The SMILES string of the molecule is Cl.O=C(NC1C2CNCC21)C1CCCCCCC1. The van der Waals surface area contributed by atoms with E-state index in [4.69, 9.17) is 0 Å². The number of nitrogens with one attached hydrogen (secondary N) is 2. The molecule has 3 rings (SSSR count). The van der Waals surface area contributed by atoms with Crippen LogP contribution < -0.4 is 10.6 Å². The summed E-state index contributed by atoms with van der Waals surface area (Å²) in [5, 5.41) is 6.67. The number of amides is 1. The lowest BCUT2D eigenvalue weighted by Gasteiger charge is -2.19. The van der Waals surface area contributed by atoms with Crippen molar-refractivity contribution in [1.29, 1.82) is 0 Å². The van der Waals surface area contributed by atoms with Crippen molar-refractivity contribution in [2.45, 2.75) is 51.0 Å². The van der Waals surface area contributed by atoms with Crippen molar-refractivity contribution in [1.82, 2.24) is 10.6 Å². The molecule has 1 saturated heterocycles. The number of piperidine rings is 1. The van der Waals surface area contributed by atoms with E-state index in [1.54, 1.807) is 0 Å². The normalized spacial score (nSPS) is 35.9. The molecule has 1 aliphatic heterocycles. The molecule has 2 unspecified atom stereocenters. The number of halogens is 1. The zero-order valence-corrected chi connectivity index (χ0v) is 11.8. The van der Waals surface area contributed by atoms with Crippen molar-refractivity contribution in [2.24, 2.45) is 17.8 Å². The fraction of sp³-hybridized carbons (Fsp3) is 0.929. The number of hydrogen-bond acceptors (Lipinski definition) is 2. The van der Waals surface area contributed by atoms with Gasteiger partial charge in [0.1, 0.15) is 0 Å². The number of carbonyl (C=O) groups is 1. The highest BCUT2D eigenvalue weighted by molar-refractivity contribution is 5.85. The molecule has 2 N–H and O–H groups in total. The van der Waals surface area contributed by atoms with Crippen LogP contribution in [-0.4, -0.2) is 25.0 Å². The summed E-state index contributed by atoms with van der Waals surface area (Å²) in [6, 6.07) is 0.509. The van der Waals surface area contributed by atoms with E-state index in [9.17, 15) is 4.79 Å². The van der Waals surface area contributed by atoms with Crippen LogP contribution in [0.5, 0.6) is 0 Å². The first-order chi connectivity index (χ1) is 8.36. The lowest BCUT2D eigenvalue weighted by Crippen LogP contribution is -2.37. The maximum Gasteiger partial charge on any atom is 0.223 e. The third-order valence-corrected chi connectivity index (χ3v) is 4.88. The fourth-order valence-electron chi connectivity index (χ4n) is 3.63. The minimum atomic E-state index is 0. The van der Waals surface area contributed by atoms with E-state index >= 15 is 0 Å². The summed E-state index contributed by atoms with van der Waals surface area (Å²) in [5.74, 6) is 2.15. The fourth-order valence-corrected chi connectivity index (χ4v) is 3.63. The average Bonchev–Trinajstić information content (AvgIpc) is 2.73. The van der Waals surface area contributed by atoms with Gasteiger partial charge in [-0.15, -0.1) is 12.4 Å². The van der Waals surface area contributed by atoms with Crippen molar-refractivity contribution in [3.63, 3.8) is 0 Å². The van der Waals surface area contributed by atoms with Crippen LogP contribution in [-0.2, 0) is 4.79 Å². The Kier molecular flexibility index (Phi) is 4.91. The minimum absolute atomic E-state index is 0. The van der Waals surface area contributed by atoms with Gasteiger partial charge in [0.05, 0.1) is 0 Å². The van der Waals surface area contributed by atoms with Crippen molar-refractivity contribution >= 4 is 18.3 Å². The van der Waals surface area contributed by atoms with E-state index in [2.05, 4.69) is 10.6 Å². The van der Waals surface area contributed by atoms with E-state index < -0.39 is 0 Å². The minimum Gasteiger partial charge on any atom is -0.352 e. The molecule has 0 bridgehead atoms. The summed E-state index contributed by atoms with van der Waals surface area (Å²) in [4.78, 5) is 12.2. The van der Waals surface area contributed by atoms with Gasteiger partial charge in [-0.1, -0.05) is 32.1 Å². The highest BCUT2D eigenvalue weighted by atomic mass is 35.5. The van der Waals surface area contributed by atoms with Crippen molar-refractivity contribution in [3.8, 4) is 0 Å². The molecule has 1 heterocycles. The standard InChI is InChI=1S/C14H24N2O.ClH/c17-14(10-6-4-2-1-3-5-7-10)16-13-11-8-15-9-12(11)13;/h10-13,15H,1-9H2,(H,16,17);1H. The Bertz CT molecular complexity index is 280. The van der Waals surface area contributed by atoms with Crippen LogP contribution in [0.15, 0.2) is 0 Å². The number of hydrogen-bond donors (Lipinski definition) is 2. The lowest BCUT2D eigenvalue weighted by atomic mass is 9.90. The Morgan fingerprint density at radius 1 is 0.944 bits per heavy atom. The van der Waals surface area contributed by atoms with Crippen LogP contribution in [0.4, 0.5) is 0 Å². The third-order valence-electron chi connectivity index (χ3n) is 4.88. The van der Waals surface area contributed by atoms with E-state index in [-0.39, 0.29) is 12.4 Å². The summed E-state index contributed by atoms with van der Waals surface area (Å²) < 4.78 is 0. The first-order valence-corrected chi connectivity index (χ1v) is 7.37. The van der Waals surface area contributed by atoms with Gasteiger partial charge in [0, 0.05) is 25.0 Å². The van der Waals surface area contributed by atoms with Gasteiger partial charge in [0.2, 0.25) is 5.91 Å². The van der Waals surface area contributed by atoms with Crippen LogP contribution in [0, 0.1) is 17.8 Å². The summed E-state index contributed by atoms with van der Waals surface area (Å²) in [6.07, 6.45) is 8.74. The smallest absolute Gasteiger partial charge is 0.223 e. The first-order valence-electron chi connectivity index (χ1n) is 7.37. The first kappa shape index (κ1) is 14.1. The van der Waals surface area contributed by atoms with Gasteiger partial charge in [0.25, 0.3) is 0 Å². The summed E-state index contributed by atoms with van der Waals surface area (Å²) in [6.45, 7) is 2.22. The van der Waals surface area contributed by atoms with Crippen LogP contribution >= 0.6 is 12.4 Å². The number of rotatable bonds is 2. The van der Waals surface area contributed by atoms with Crippen molar-refractivity contribution in [3.05, 3.63) is 0 Å². The topological polar surface area (TPSA) is 41.1 Å². The van der Waals surface area contributed by atoms with E-state index in [0.29, 0.717) is 17.9 Å². The molecular formula is C14H25ClN2O. The summed E-state index contributed by atoms with van der Waals surface area (Å²) >= 11 is 0. The van der Waals surface area contributed by atoms with Gasteiger partial charge in [-0.3, -0.25) is 4.79 Å². The second kappa shape index (κ2) is 6.25. The monoisotopic (exact) mass is 272 g/mol. The molecule has 2 aliphatic carbocycles. The Balaban J connectivity index is 0.00000120. The molecule has 104 valence electrons. The maximum atomic E-state index is 12.2. The second-order valence-electron chi connectivity index (χ2n) is 6.06. The Hall–Kier alpha value is -0.280. The molecule has 0 spiro atoms. The van der Waals surface area contributed by atoms with Crippen LogP contribution in [0.3, 0.4) is 0 Å². The lowest BCUT2D eigenvalue weighted by molar-refractivity contribution is -0.125. The van der Waals surface area contributed by atoms with E-state index in [0.717, 1.165) is 37.8 Å². The third kappa shape index (κ3) is 3.00. The van der Waals surface area contributed by atoms with Crippen LogP contribution in [0.1, 0.15) is 44.9 Å². The molecule has 2 atom stereocenters. The molecule has 1 amide bonds. The molecule has 3 fully saturated rings. The quantitative estimate of drug-likeness (QED) is 0.808. The van der Waals surface area contributed by atoms with Gasteiger partial charge in [0.15, 0.2) is 0 Å². The van der Waals surface area contributed by atoms with Gasteiger partial charge >= 0.3 is 0 Å². The molecule has 18 heavy (non-hydrogen) atoms. The van der Waals surface area contributed by atoms with Gasteiger partial charge in [-0.25, -0.2) is 0 Å². The average molecular weight is 273 g/mol. The highest BCUT2D eigenvalue weighted by Gasteiger charge is 2.53. The zero-order valence-electron chi connectivity index (χ0n) is 11.0. The summed E-state index contributed by atoms with van der Waals surface area (Å²) in [5.41, 5.74) is 0. The molecule has 0 radical (unpaired) electrons. The number of carbonyl (C=O) groups excluding carboxylic acids is 1. The number of fused-ring (bicyclic) bond motifs is 1. The second-order valence-corrected chi connectivity index (χ2v) is 6.06. The summed E-state index contributed by atoms with van der Waals surface area (Å²) in [7, 11) is 0. The molecule has 0 aromatic carbocycles. The van der Waals surface area contributed by atoms with Gasteiger partial charge < -0.3 is 10.6 Å². The maximum absolute atomic E-state index is 12.2. The predicted molar refractivity (Wildman–Crippen MR) is 74.8 cm³/mol. The van der Waals surface area contributed by atoms with Crippen molar-refractivity contribution < 1.29 is 4.79 Å². The molecule has 0 aromatic heterocycles. The largest absolute Gasteiger partial charge is 0.352 e. The Labute approximate surface area is 116 Å². The van der Waals surface area contributed by atoms with Gasteiger partial charge in [-0.2, -0.15) is 0 Å². The van der Waals surface area contributed by atoms with Crippen molar-refractivity contribution in [2.75, 3.05) is 13.1 Å². The molecule has 0 aromatic rings.